The van der Waals surface area contributed by atoms with Crippen molar-refractivity contribution in [2.24, 2.45) is 0 Å². The Morgan fingerprint density at radius 1 is 1.15 bits per heavy atom. The number of carbonyl (C=O) groups is 1. The summed E-state index contributed by atoms with van der Waals surface area (Å²) in [6.45, 7) is 0.391. The Morgan fingerprint density at radius 2 is 1.96 bits per heavy atom. The van der Waals surface area contributed by atoms with Gasteiger partial charge in [-0.1, -0.05) is 41.4 Å². The summed E-state index contributed by atoms with van der Waals surface area (Å²) in [6, 6.07) is 14.7. The van der Waals surface area contributed by atoms with Crippen molar-refractivity contribution in [1.82, 2.24) is 15.1 Å². The Morgan fingerprint density at radius 3 is 2.73 bits per heavy atom. The third-order valence-corrected chi connectivity index (χ3v) is 4.18. The number of nitrogens with one attached hydrogen (secondary N) is 1. The van der Waals surface area contributed by atoms with Gasteiger partial charge in [-0.25, -0.2) is 4.68 Å². The van der Waals surface area contributed by atoms with E-state index < -0.39 is 0 Å². The lowest BCUT2D eigenvalue weighted by Crippen LogP contribution is -2.30. The van der Waals surface area contributed by atoms with Crippen LogP contribution in [0.25, 0.3) is 5.69 Å². The predicted octanol–water partition coefficient (Wildman–Crippen LogP) is 3.92. The molecule has 26 heavy (non-hydrogen) atoms. The zero-order chi connectivity index (χ0) is 18.4. The molecule has 3 rings (SSSR count). The number of carbonyl (C=O) groups excluding carboxylic acids is 1. The van der Waals surface area contributed by atoms with Crippen LogP contribution in [0, 0.1) is 0 Å². The normalized spacial score (nSPS) is 10.5. The number of halogens is 2. The Balaban J connectivity index is 1.43. The Bertz CT molecular complexity index is 882. The maximum absolute atomic E-state index is 11.9. The monoisotopic (exact) mass is 389 g/mol. The third kappa shape index (κ3) is 5.00. The van der Waals surface area contributed by atoms with Crippen LogP contribution in [0.2, 0.25) is 10.0 Å². The minimum Gasteiger partial charge on any atom is -0.482 e. The van der Waals surface area contributed by atoms with E-state index in [1.807, 2.05) is 41.2 Å². The molecule has 0 atom stereocenters. The Labute approximate surface area is 161 Å². The topological polar surface area (TPSA) is 56.1 Å². The van der Waals surface area contributed by atoms with Gasteiger partial charge in [0, 0.05) is 17.8 Å². The molecule has 0 fully saturated rings. The van der Waals surface area contributed by atoms with Gasteiger partial charge in [0.1, 0.15) is 5.75 Å². The molecule has 0 saturated carbocycles. The van der Waals surface area contributed by atoms with E-state index in [-0.39, 0.29) is 12.5 Å². The number of nitrogens with zero attached hydrogens (tertiary/aromatic N) is 2. The van der Waals surface area contributed by atoms with E-state index in [1.165, 1.54) is 0 Å². The van der Waals surface area contributed by atoms with Crippen molar-refractivity contribution in [2.75, 3.05) is 13.2 Å². The van der Waals surface area contributed by atoms with Crippen LogP contribution in [-0.4, -0.2) is 28.8 Å². The number of ether oxygens (including phenoxy) is 1. The van der Waals surface area contributed by atoms with Gasteiger partial charge >= 0.3 is 0 Å². The summed E-state index contributed by atoms with van der Waals surface area (Å²) in [7, 11) is 0. The minimum atomic E-state index is -0.216. The first kappa shape index (κ1) is 18.3. The molecule has 0 aliphatic carbocycles. The van der Waals surface area contributed by atoms with Gasteiger partial charge in [0.25, 0.3) is 5.91 Å². The summed E-state index contributed by atoms with van der Waals surface area (Å²) in [4.78, 5) is 11.9. The van der Waals surface area contributed by atoms with Gasteiger partial charge in [-0.3, -0.25) is 4.79 Å². The number of aromatic nitrogens is 2. The van der Waals surface area contributed by atoms with Crippen molar-refractivity contribution in [3.05, 3.63) is 76.5 Å². The smallest absolute Gasteiger partial charge is 0.257 e. The molecule has 0 unspecified atom stereocenters. The molecular weight excluding hydrogens is 373 g/mol. The number of hydrogen-bond donors (Lipinski definition) is 1. The van der Waals surface area contributed by atoms with Gasteiger partial charge in [0.2, 0.25) is 0 Å². The van der Waals surface area contributed by atoms with Crippen LogP contribution in [0.15, 0.2) is 60.9 Å². The summed E-state index contributed by atoms with van der Waals surface area (Å²) >= 11 is 11.8. The van der Waals surface area contributed by atoms with E-state index in [0.717, 1.165) is 11.3 Å². The van der Waals surface area contributed by atoms with Gasteiger partial charge in [0.05, 0.1) is 16.9 Å². The lowest BCUT2D eigenvalue weighted by atomic mass is 10.2. The van der Waals surface area contributed by atoms with Crippen molar-refractivity contribution in [2.45, 2.75) is 6.42 Å². The van der Waals surface area contributed by atoms with Crippen molar-refractivity contribution in [3.63, 3.8) is 0 Å². The second-order valence-electron chi connectivity index (χ2n) is 5.59. The molecule has 1 heterocycles. The van der Waals surface area contributed by atoms with E-state index >= 15 is 0 Å². The highest BCUT2D eigenvalue weighted by molar-refractivity contribution is 6.35. The zero-order valence-electron chi connectivity index (χ0n) is 13.9. The van der Waals surface area contributed by atoms with Crippen LogP contribution in [0.3, 0.4) is 0 Å². The molecule has 5 nitrogen and oxygen atoms in total. The lowest BCUT2D eigenvalue weighted by molar-refractivity contribution is -0.123. The van der Waals surface area contributed by atoms with Crippen LogP contribution in [0.4, 0.5) is 0 Å². The first-order valence-electron chi connectivity index (χ1n) is 8.05. The first-order chi connectivity index (χ1) is 12.6. The van der Waals surface area contributed by atoms with Crippen LogP contribution < -0.4 is 10.1 Å². The van der Waals surface area contributed by atoms with Crippen LogP contribution >= 0.6 is 23.2 Å². The molecule has 0 bridgehead atoms. The minimum absolute atomic E-state index is 0.107. The van der Waals surface area contributed by atoms with E-state index in [1.54, 1.807) is 24.4 Å². The van der Waals surface area contributed by atoms with E-state index in [0.29, 0.717) is 28.8 Å². The number of amides is 1. The molecule has 2 aromatic carbocycles. The summed E-state index contributed by atoms with van der Waals surface area (Å²) < 4.78 is 7.21. The van der Waals surface area contributed by atoms with Crippen LogP contribution in [-0.2, 0) is 11.2 Å². The van der Waals surface area contributed by atoms with Crippen LogP contribution in [0.5, 0.6) is 5.75 Å². The SMILES string of the molecule is O=C(COc1ccc(Cl)cc1Cl)NCCc1cnn(-c2ccccc2)c1. The fourth-order valence-electron chi connectivity index (χ4n) is 2.34. The fourth-order valence-corrected chi connectivity index (χ4v) is 2.81. The summed E-state index contributed by atoms with van der Waals surface area (Å²) in [5.41, 5.74) is 2.03. The predicted molar refractivity (Wildman–Crippen MR) is 102 cm³/mol. The first-order valence-corrected chi connectivity index (χ1v) is 8.81. The molecule has 7 heteroatoms. The molecule has 134 valence electrons. The van der Waals surface area contributed by atoms with Gasteiger partial charge in [-0.05, 0) is 42.3 Å². The van der Waals surface area contributed by atoms with Gasteiger partial charge in [-0.15, -0.1) is 0 Å². The molecule has 0 saturated heterocycles. The van der Waals surface area contributed by atoms with E-state index in [2.05, 4.69) is 10.4 Å². The van der Waals surface area contributed by atoms with Gasteiger partial charge in [0.15, 0.2) is 6.61 Å². The summed E-state index contributed by atoms with van der Waals surface area (Å²) in [5.74, 6) is 0.210. The number of benzene rings is 2. The zero-order valence-corrected chi connectivity index (χ0v) is 15.4. The molecule has 3 aromatic rings. The number of hydrogen-bond acceptors (Lipinski definition) is 3. The average Bonchev–Trinajstić information content (AvgIpc) is 3.11. The largest absolute Gasteiger partial charge is 0.482 e. The van der Waals surface area contributed by atoms with Gasteiger partial charge < -0.3 is 10.1 Å². The fraction of sp³-hybridized carbons (Fsp3) is 0.158. The van der Waals surface area contributed by atoms with Crippen LogP contribution in [0.1, 0.15) is 5.56 Å². The molecular formula is C19H17Cl2N3O2. The highest BCUT2D eigenvalue weighted by atomic mass is 35.5. The average molecular weight is 390 g/mol. The second-order valence-corrected chi connectivity index (χ2v) is 6.44. The standard InChI is InChI=1S/C19H17Cl2N3O2/c20-15-6-7-18(17(21)10-15)26-13-19(25)22-9-8-14-11-23-24(12-14)16-4-2-1-3-5-16/h1-7,10-12H,8-9,13H2,(H,22,25). The quantitative estimate of drug-likeness (QED) is 0.666. The van der Waals surface area contributed by atoms with E-state index in [4.69, 9.17) is 27.9 Å². The third-order valence-electron chi connectivity index (χ3n) is 3.65. The molecule has 0 aliphatic heterocycles. The van der Waals surface area contributed by atoms with Crippen molar-refractivity contribution in [3.8, 4) is 11.4 Å². The summed E-state index contributed by atoms with van der Waals surface area (Å²) in [6.07, 6.45) is 4.43. The van der Waals surface area contributed by atoms with Crippen molar-refractivity contribution < 1.29 is 9.53 Å². The highest BCUT2D eigenvalue weighted by Crippen LogP contribution is 2.27. The molecule has 1 N–H and O–H groups in total. The maximum Gasteiger partial charge on any atom is 0.257 e. The number of rotatable bonds is 7. The lowest BCUT2D eigenvalue weighted by Gasteiger charge is -2.08. The molecule has 0 radical (unpaired) electrons. The van der Waals surface area contributed by atoms with Crippen molar-refractivity contribution >= 4 is 29.1 Å². The van der Waals surface area contributed by atoms with Crippen molar-refractivity contribution in [1.29, 1.82) is 0 Å². The Kier molecular flexibility index (Phi) is 6.15. The molecule has 1 amide bonds. The summed E-state index contributed by atoms with van der Waals surface area (Å²) in [5, 5.41) is 8.03. The Hall–Kier alpha value is -2.50. The maximum atomic E-state index is 11.9. The van der Waals surface area contributed by atoms with Gasteiger partial charge in [-0.2, -0.15) is 5.10 Å². The number of para-hydroxylation sites is 1. The molecule has 1 aromatic heterocycles. The van der Waals surface area contributed by atoms with E-state index in [9.17, 15) is 4.79 Å². The molecule has 0 aliphatic rings. The second kappa shape index (κ2) is 8.74. The molecule has 0 spiro atoms. The highest BCUT2D eigenvalue weighted by Gasteiger charge is 2.07.